The molecule has 0 saturated carbocycles. The van der Waals surface area contributed by atoms with Crippen LogP contribution in [0.25, 0.3) is 16.7 Å². The van der Waals surface area contributed by atoms with Crippen molar-refractivity contribution >= 4 is 22.4 Å². The number of likely N-dealkylation sites (N-methyl/N-ethyl adjacent to an activating group) is 1. The van der Waals surface area contributed by atoms with Gasteiger partial charge in [0.05, 0.1) is 11.1 Å². The Morgan fingerprint density at radius 3 is 2.63 bits per heavy atom. The average Bonchev–Trinajstić information content (AvgIpc) is 3.25. The molecule has 0 N–H and O–H groups in total. The highest BCUT2D eigenvalue weighted by Crippen LogP contribution is 2.26. The Morgan fingerprint density at radius 1 is 1.13 bits per heavy atom. The molecule has 3 aromatic heterocycles. The van der Waals surface area contributed by atoms with Crippen LogP contribution in [0.4, 0.5) is 0 Å². The first-order valence-electron chi connectivity index (χ1n) is 10.0. The summed E-state index contributed by atoms with van der Waals surface area (Å²) in [6, 6.07) is 9.93. The monoisotopic (exact) mass is 405 g/mol. The van der Waals surface area contributed by atoms with E-state index >= 15 is 0 Å². The molecular weight excluding hydrogens is 378 g/mol. The van der Waals surface area contributed by atoms with Crippen molar-refractivity contribution in [1.82, 2.24) is 29.0 Å². The second kappa shape index (κ2) is 8.23. The van der Waals surface area contributed by atoms with Crippen molar-refractivity contribution in [2.75, 3.05) is 20.6 Å². The summed E-state index contributed by atoms with van der Waals surface area (Å²) in [5.74, 6) is 0.576. The normalized spacial score (nSPS) is 12.4. The van der Waals surface area contributed by atoms with Crippen LogP contribution in [0.15, 0.2) is 41.8 Å². The molecule has 1 aromatic carbocycles. The van der Waals surface area contributed by atoms with Crippen LogP contribution >= 0.6 is 0 Å². The Kier molecular flexibility index (Phi) is 5.50. The zero-order chi connectivity index (χ0) is 21.3. The van der Waals surface area contributed by atoms with E-state index in [1.54, 1.807) is 10.8 Å². The summed E-state index contributed by atoms with van der Waals surface area (Å²) in [7, 11) is 4.15. The summed E-state index contributed by atoms with van der Waals surface area (Å²) >= 11 is 0. The van der Waals surface area contributed by atoms with Crippen molar-refractivity contribution in [3.05, 3.63) is 59.3 Å². The Balaban J connectivity index is 1.61. The minimum absolute atomic E-state index is 0.201. The molecule has 4 rings (SSSR count). The number of nitrogens with zero attached hydrogens (tertiary/aromatic N) is 7. The number of benzene rings is 1. The van der Waals surface area contributed by atoms with Crippen molar-refractivity contribution in [2.24, 2.45) is 5.16 Å². The fourth-order valence-electron chi connectivity index (χ4n) is 3.53. The van der Waals surface area contributed by atoms with Gasteiger partial charge >= 0.3 is 0 Å². The van der Waals surface area contributed by atoms with Gasteiger partial charge in [-0.3, -0.25) is 0 Å². The molecule has 30 heavy (non-hydrogen) atoms. The Hall–Kier alpha value is -3.26. The highest BCUT2D eigenvalue weighted by molar-refractivity contribution is 5.98. The third-order valence-electron chi connectivity index (χ3n) is 5.35. The summed E-state index contributed by atoms with van der Waals surface area (Å²) in [6.07, 6.45) is 1.72. The highest BCUT2D eigenvalue weighted by atomic mass is 16.6. The predicted molar refractivity (Wildman–Crippen MR) is 118 cm³/mol. The second-order valence-corrected chi connectivity index (χ2v) is 7.72. The summed E-state index contributed by atoms with van der Waals surface area (Å²) in [5.41, 5.74) is 5.96. The molecule has 0 radical (unpaired) electrons. The fourth-order valence-corrected chi connectivity index (χ4v) is 3.53. The molecule has 4 aromatic rings. The molecule has 0 unspecified atom stereocenters. The first kappa shape index (κ1) is 20.0. The van der Waals surface area contributed by atoms with Crippen LogP contribution in [0.3, 0.4) is 0 Å². The van der Waals surface area contributed by atoms with Crippen molar-refractivity contribution in [3.8, 4) is 0 Å². The smallest absolute Gasteiger partial charge is 0.192 e. The molecule has 156 valence electrons. The van der Waals surface area contributed by atoms with Crippen molar-refractivity contribution in [3.63, 3.8) is 0 Å². The number of fused-ring (bicyclic) bond motifs is 3. The molecule has 0 spiro atoms. The number of oxime groups is 1. The van der Waals surface area contributed by atoms with E-state index in [-0.39, 0.29) is 6.61 Å². The lowest BCUT2D eigenvalue weighted by Gasteiger charge is -2.12. The Bertz CT molecular complexity index is 1200. The topological polar surface area (TPSA) is 72.8 Å². The van der Waals surface area contributed by atoms with Gasteiger partial charge < -0.3 is 14.3 Å². The predicted octanol–water partition coefficient (Wildman–Crippen LogP) is 3.20. The second-order valence-electron chi connectivity index (χ2n) is 7.72. The third-order valence-corrected chi connectivity index (χ3v) is 5.35. The van der Waals surface area contributed by atoms with Crippen LogP contribution in [0.5, 0.6) is 0 Å². The molecule has 0 saturated heterocycles. The van der Waals surface area contributed by atoms with Crippen LogP contribution in [-0.2, 0) is 18.0 Å². The molecule has 3 heterocycles. The maximum atomic E-state index is 5.52. The van der Waals surface area contributed by atoms with Gasteiger partial charge in [0.1, 0.15) is 12.0 Å². The van der Waals surface area contributed by atoms with Gasteiger partial charge in [-0.25, -0.2) is 14.5 Å². The van der Waals surface area contributed by atoms with Gasteiger partial charge in [-0.15, -0.1) is 5.10 Å². The molecule has 0 atom stereocenters. The first-order chi connectivity index (χ1) is 14.5. The quantitative estimate of drug-likeness (QED) is 0.349. The minimum Gasteiger partial charge on any atom is -0.387 e. The molecule has 0 fully saturated rings. The summed E-state index contributed by atoms with van der Waals surface area (Å²) < 4.78 is 3.97. The molecular formula is C22H27N7O. The zero-order valence-electron chi connectivity index (χ0n) is 18.1. The number of hydrogen-bond donors (Lipinski definition) is 0. The highest BCUT2D eigenvalue weighted by Gasteiger charge is 2.18. The molecule has 0 amide bonds. The first-order valence-corrected chi connectivity index (χ1v) is 10.0. The van der Waals surface area contributed by atoms with E-state index in [1.807, 2.05) is 37.3 Å². The van der Waals surface area contributed by atoms with Gasteiger partial charge in [0, 0.05) is 18.8 Å². The average molecular weight is 406 g/mol. The van der Waals surface area contributed by atoms with E-state index < -0.39 is 0 Å². The number of aromatic nitrogens is 5. The maximum Gasteiger partial charge on any atom is 0.192 e. The van der Waals surface area contributed by atoms with Crippen molar-refractivity contribution in [2.45, 2.75) is 33.9 Å². The Labute approximate surface area is 175 Å². The molecule has 0 aliphatic heterocycles. The van der Waals surface area contributed by atoms with E-state index in [0.717, 1.165) is 41.0 Å². The molecule has 0 aliphatic carbocycles. The minimum atomic E-state index is 0.201. The van der Waals surface area contributed by atoms with E-state index in [0.29, 0.717) is 5.82 Å². The number of hydrogen-bond acceptors (Lipinski definition) is 6. The van der Waals surface area contributed by atoms with Gasteiger partial charge in [-0.05, 0) is 46.0 Å². The van der Waals surface area contributed by atoms with Gasteiger partial charge in [0.15, 0.2) is 18.1 Å². The summed E-state index contributed by atoms with van der Waals surface area (Å²) in [6.45, 7) is 8.19. The maximum absolute atomic E-state index is 5.52. The van der Waals surface area contributed by atoms with Crippen LogP contribution in [-0.4, -0.2) is 55.4 Å². The van der Waals surface area contributed by atoms with Crippen molar-refractivity contribution < 1.29 is 4.84 Å². The zero-order valence-corrected chi connectivity index (χ0v) is 18.1. The van der Waals surface area contributed by atoms with Crippen molar-refractivity contribution in [1.29, 1.82) is 0 Å². The summed E-state index contributed by atoms with van der Waals surface area (Å²) in [4.78, 5) is 17.1. The van der Waals surface area contributed by atoms with Gasteiger partial charge in [-0.2, -0.15) is 0 Å². The standard InChI is InChI=1S/C22H27N7O/c1-15-17(3)28(12-11-27(4)5)21-20(15)22-24-19(25-29(22)14-23-21)13-30-26-16(2)18-9-7-6-8-10-18/h6-10,14H,11-13H2,1-5H3/b26-16+. The van der Waals surface area contributed by atoms with Crippen LogP contribution in [0, 0.1) is 13.8 Å². The summed E-state index contributed by atoms with van der Waals surface area (Å²) in [5, 5.41) is 9.76. The van der Waals surface area contributed by atoms with E-state index in [2.05, 4.69) is 52.6 Å². The fraction of sp³-hybridized carbons (Fsp3) is 0.364. The van der Waals surface area contributed by atoms with Gasteiger partial charge in [-0.1, -0.05) is 35.5 Å². The van der Waals surface area contributed by atoms with Gasteiger partial charge in [0.2, 0.25) is 0 Å². The lowest BCUT2D eigenvalue weighted by Crippen LogP contribution is -2.19. The van der Waals surface area contributed by atoms with Gasteiger partial charge in [0.25, 0.3) is 0 Å². The number of aryl methyl sites for hydroxylation is 1. The van der Waals surface area contributed by atoms with Crippen LogP contribution in [0.2, 0.25) is 0 Å². The Morgan fingerprint density at radius 2 is 1.90 bits per heavy atom. The SMILES string of the molecule is C/C(=N\OCc1nc2c3c(C)c(C)n(CCN(C)C)c3ncn2n1)c1ccccc1. The van der Waals surface area contributed by atoms with E-state index in [9.17, 15) is 0 Å². The molecule has 8 nitrogen and oxygen atoms in total. The lowest BCUT2D eigenvalue weighted by molar-refractivity contribution is 0.125. The molecule has 0 bridgehead atoms. The molecule has 8 heteroatoms. The molecule has 0 aliphatic rings. The van der Waals surface area contributed by atoms with E-state index in [1.165, 1.54) is 11.3 Å². The number of rotatable bonds is 7. The van der Waals surface area contributed by atoms with E-state index in [4.69, 9.17) is 9.82 Å². The van der Waals surface area contributed by atoms with Crippen LogP contribution < -0.4 is 0 Å². The third kappa shape index (κ3) is 3.78. The van der Waals surface area contributed by atoms with Crippen LogP contribution in [0.1, 0.15) is 29.6 Å². The largest absolute Gasteiger partial charge is 0.387 e. The lowest BCUT2D eigenvalue weighted by atomic mass is 10.1.